The zero-order valence-electron chi connectivity index (χ0n) is 19.9. The topological polar surface area (TPSA) is 97.4 Å². The zero-order valence-corrected chi connectivity index (χ0v) is 22.1. The van der Waals surface area contributed by atoms with Gasteiger partial charge in [-0.2, -0.15) is 0 Å². The van der Waals surface area contributed by atoms with Crippen LogP contribution in [0.5, 0.6) is 0 Å². The van der Waals surface area contributed by atoms with Gasteiger partial charge in [-0.3, -0.25) is 0 Å². The lowest BCUT2D eigenvalue weighted by atomic mass is 9.98. The first-order valence-corrected chi connectivity index (χ1v) is 13.1. The molecule has 1 aliphatic rings. The van der Waals surface area contributed by atoms with E-state index in [2.05, 4.69) is 22.6 Å². The maximum Gasteiger partial charge on any atom is 0.338 e. The van der Waals surface area contributed by atoms with E-state index in [1.807, 2.05) is 0 Å². The van der Waals surface area contributed by atoms with E-state index < -0.39 is 48.6 Å². The summed E-state index contributed by atoms with van der Waals surface area (Å²) in [5.41, 5.74) is 0.893. The summed E-state index contributed by atoms with van der Waals surface area (Å²) in [4.78, 5) is 39.1. The van der Waals surface area contributed by atoms with Crippen molar-refractivity contribution in [1.29, 1.82) is 0 Å². The average Bonchev–Trinajstić information content (AvgIpc) is 2.95. The van der Waals surface area contributed by atoms with Gasteiger partial charge in [0.1, 0.15) is 6.10 Å². The predicted octanol–water partition coefficient (Wildman–Crippen LogP) is 4.47. The Balaban J connectivity index is 1.69. The summed E-state index contributed by atoms with van der Waals surface area (Å²) in [5.74, 6) is -1.97. The number of hydrogen-bond acceptors (Lipinski definition) is 8. The first kappa shape index (κ1) is 26.8. The first-order chi connectivity index (χ1) is 18.0. The van der Waals surface area contributed by atoms with Crippen molar-refractivity contribution in [2.24, 2.45) is 0 Å². The molecule has 9 heteroatoms. The van der Waals surface area contributed by atoms with E-state index >= 15 is 0 Å². The molecule has 8 nitrogen and oxygen atoms in total. The Bertz CT molecular complexity index is 1120. The van der Waals surface area contributed by atoms with Crippen molar-refractivity contribution in [2.75, 3.05) is 11.5 Å². The van der Waals surface area contributed by atoms with E-state index in [1.165, 1.54) is 7.11 Å². The molecule has 5 atom stereocenters. The second kappa shape index (κ2) is 12.8. The monoisotopic (exact) mass is 616 g/mol. The molecule has 1 saturated heterocycles. The van der Waals surface area contributed by atoms with Crippen molar-refractivity contribution < 1.29 is 38.1 Å². The normalized spacial score (nSPS) is 23.0. The summed E-state index contributed by atoms with van der Waals surface area (Å²) in [7, 11) is 1.39. The molecule has 192 valence electrons. The average molecular weight is 616 g/mol. The third-order valence-electron chi connectivity index (χ3n) is 5.73. The third kappa shape index (κ3) is 6.54. The van der Waals surface area contributed by atoms with E-state index in [1.54, 1.807) is 91.0 Å². The van der Waals surface area contributed by atoms with Crippen molar-refractivity contribution in [1.82, 2.24) is 0 Å². The van der Waals surface area contributed by atoms with Gasteiger partial charge in [0.15, 0.2) is 24.6 Å². The van der Waals surface area contributed by atoms with Crippen LogP contribution in [-0.2, 0) is 23.7 Å². The molecule has 4 rings (SSSR count). The number of rotatable bonds is 8. The quantitative estimate of drug-likeness (QED) is 0.158. The molecule has 3 aromatic carbocycles. The van der Waals surface area contributed by atoms with Crippen molar-refractivity contribution >= 4 is 40.5 Å². The van der Waals surface area contributed by atoms with Gasteiger partial charge < -0.3 is 23.7 Å². The van der Waals surface area contributed by atoms with Crippen LogP contribution in [0.4, 0.5) is 0 Å². The Hall–Kier alpha value is -3.28. The fourth-order valence-electron chi connectivity index (χ4n) is 3.89. The largest absolute Gasteiger partial charge is 0.452 e. The van der Waals surface area contributed by atoms with Gasteiger partial charge in [0.2, 0.25) is 0 Å². The molecule has 0 aliphatic carbocycles. The van der Waals surface area contributed by atoms with Crippen molar-refractivity contribution in [3.63, 3.8) is 0 Å². The minimum Gasteiger partial charge on any atom is -0.452 e. The number of esters is 3. The number of halogens is 1. The van der Waals surface area contributed by atoms with E-state index in [0.29, 0.717) is 15.6 Å². The molecule has 1 fully saturated rings. The second-order valence-corrected chi connectivity index (χ2v) is 9.02. The third-order valence-corrected chi connectivity index (χ3v) is 6.60. The van der Waals surface area contributed by atoms with Crippen molar-refractivity contribution in [3.05, 3.63) is 108 Å². The molecule has 0 unspecified atom stereocenters. The fourth-order valence-corrected chi connectivity index (χ4v) is 4.60. The highest BCUT2D eigenvalue weighted by Gasteiger charge is 2.52. The van der Waals surface area contributed by atoms with Gasteiger partial charge in [-0.15, -0.1) is 0 Å². The molecular formula is C28H25IO8. The van der Waals surface area contributed by atoms with Gasteiger partial charge in [-0.1, -0.05) is 77.2 Å². The number of alkyl halides is 1. The number of carbonyl (C=O) groups excluding carboxylic acids is 3. The van der Waals surface area contributed by atoms with Crippen LogP contribution < -0.4 is 0 Å². The van der Waals surface area contributed by atoms with Gasteiger partial charge >= 0.3 is 17.9 Å². The number of methoxy groups -OCH3 is 1. The van der Waals surface area contributed by atoms with Crippen LogP contribution >= 0.6 is 22.6 Å². The second-order valence-electron chi connectivity index (χ2n) is 8.14. The predicted molar refractivity (Wildman–Crippen MR) is 141 cm³/mol. The molecule has 0 amide bonds. The van der Waals surface area contributed by atoms with Crippen LogP contribution in [0.3, 0.4) is 0 Å². The molecule has 0 radical (unpaired) electrons. The SMILES string of the molecule is CO[C@H]1O[C@H](CI)[C@@H](OC(=O)c2ccccc2)[C@@H](OC(=O)c2ccccc2)[C@@H]1OC(=O)c1ccccc1. The summed E-state index contributed by atoms with van der Waals surface area (Å²) in [6.07, 6.45) is -5.31. The number of hydrogen-bond donors (Lipinski definition) is 0. The Labute approximate surface area is 228 Å². The van der Waals surface area contributed by atoms with Gasteiger partial charge in [-0.05, 0) is 36.4 Å². The van der Waals surface area contributed by atoms with Crippen LogP contribution in [0.15, 0.2) is 91.0 Å². The Morgan fingerprint density at radius 1 is 0.649 bits per heavy atom. The lowest BCUT2D eigenvalue weighted by Gasteiger charge is -2.43. The number of carbonyl (C=O) groups is 3. The van der Waals surface area contributed by atoms with E-state index in [4.69, 9.17) is 23.7 Å². The lowest BCUT2D eigenvalue weighted by molar-refractivity contribution is -0.282. The molecule has 1 aliphatic heterocycles. The highest BCUT2D eigenvalue weighted by Crippen LogP contribution is 2.31. The number of benzene rings is 3. The van der Waals surface area contributed by atoms with Crippen LogP contribution in [0, 0.1) is 0 Å². The van der Waals surface area contributed by atoms with E-state index in [-0.39, 0.29) is 5.56 Å². The maximum atomic E-state index is 13.1. The molecule has 0 bridgehead atoms. The standard InChI is InChI=1S/C28H25IO8/c1-33-28-24(37-27(32)20-15-9-4-10-16-20)23(36-26(31)19-13-7-3-8-14-19)22(21(17-29)34-28)35-25(30)18-11-5-2-6-12-18/h2-16,21-24,28H,17H2,1H3/t21-,22-,23-,24+,28+/m1/s1. The lowest BCUT2D eigenvalue weighted by Crippen LogP contribution is -2.62. The molecule has 0 saturated carbocycles. The highest BCUT2D eigenvalue weighted by atomic mass is 127. The van der Waals surface area contributed by atoms with Gasteiger partial charge in [0.25, 0.3) is 0 Å². The van der Waals surface area contributed by atoms with Crippen LogP contribution in [0.1, 0.15) is 31.1 Å². The minimum absolute atomic E-state index is 0.287. The Kier molecular flexibility index (Phi) is 9.26. The summed E-state index contributed by atoms with van der Waals surface area (Å²) >= 11 is 2.09. The molecular weight excluding hydrogens is 591 g/mol. The highest BCUT2D eigenvalue weighted by molar-refractivity contribution is 14.1. The molecule has 0 spiro atoms. The number of ether oxygens (including phenoxy) is 5. The molecule has 1 heterocycles. The summed E-state index contributed by atoms with van der Waals surface area (Å²) in [6.45, 7) is 0. The van der Waals surface area contributed by atoms with E-state index in [9.17, 15) is 14.4 Å². The first-order valence-electron chi connectivity index (χ1n) is 11.5. The zero-order chi connectivity index (χ0) is 26.2. The molecule has 0 aromatic heterocycles. The molecule has 37 heavy (non-hydrogen) atoms. The van der Waals surface area contributed by atoms with Crippen LogP contribution in [-0.4, -0.2) is 60.2 Å². The molecule has 0 N–H and O–H groups in total. The van der Waals surface area contributed by atoms with Crippen LogP contribution in [0.25, 0.3) is 0 Å². The summed E-state index contributed by atoms with van der Waals surface area (Å²) in [6, 6.07) is 25.2. The van der Waals surface area contributed by atoms with Gasteiger partial charge in [-0.25, -0.2) is 14.4 Å². The molecule has 3 aromatic rings. The minimum atomic E-state index is -1.22. The smallest absolute Gasteiger partial charge is 0.338 e. The Morgan fingerprint density at radius 2 is 1.03 bits per heavy atom. The van der Waals surface area contributed by atoms with Gasteiger partial charge in [0, 0.05) is 11.5 Å². The summed E-state index contributed by atoms with van der Waals surface area (Å²) < 4.78 is 29.4. The van der Waals surface area contributed by atoms with Crippen LogP contribution in [0.2, 0.25) is 0 Å². The van der Waals surface area contributed by atoms with E-state index in [0.717, 1.165) is 0 Å². The van der Waals surface area contributed by atoms with Crippen molar-refractivity contribution in [2.45, 2.75) is 30.7 Å². The van der Waals surface area contributed by atoms with Crippen molar-refractivity contribution in [3.8, 4) is 0 Å². The fraction of sp³-hybridized carbons (Fsp3) is 0.250. The van der Waals surface area contributed by atoms with Gasteiger partial charge in [0.05, 0.1) is 16.7 Å². The summed E-state index contributed by atoms with van der Waals surface area (Å²) in [5, 5.41) is 0. The Morgan fingerprint density at radius 3 is 1.41 bits per heavy atom. The maximum absolute atomic E-state index is 13.1.